The first-order chi connectivity index (χ1) is 6.79. The number of hydrogen-bond donors (Lipinski definition) is 0. The maximum Gasteiger partial charge on any atom is 0.168 e. The zero-order chi connectivity index (χ0) is 9.97. The monoisotopic (exact) mass is 190 g/mol. The molecule has 3 nitrogen and oxygen atoms in total. The van der Waals surface area contributed by atoms with Crippen LogP contribution in [-0.2, 0) is 0 Å². The van der Waals surface area contributed by atoms with Crippen molar-refractivity contribution in [3.8, 4) is 0 Å². The molecule has 1 saturated carbocycles. The quantitative estimate of drug-likeness (QED) is 0.671. The van der Waals surface area contributed by atoms with Crippen molar-refractivity contribution >= 4 is 6.29 Å². The molecule has 0 aromatic carbocycles. The second-order valence-electron chi connectivity index (χ2n) is 4.07. The number of aldehydes is 1. The molecule has 2 unspecified atom stereocenters. The maximum atomic E-state index is 10.5. The lowest BCUT2D eigenvalue weighted by atomic mass is 10.1. The van der Waals surface area contributed by atoms with Gasteiger partial charge in [-0.15, -0.1) is 0 Å². The number of nitrogens with zero attached hydrogens (tertiary/aromatic N) is 2. The van der Waals surface area contributed by atoms with Crippen LogP contribution in [0.15, 0.2) is 12.3 Å². The van der Waals surface area contributed by atoms with Gasteiger partial charge >= 0.3 is 0 Å². The van der Waals surface area contributed by atoms with Gasteiger partial charge in [-0.3, -0.25) is 4.79 Å². The molecule has 1 aliphatic carbocycles. The smallest absolute Gasteiger partial charge is 0.168 e. The van der Waals surface area contributed by atoms with Crippen LogP contribution in [0.25, 0.3) is 0 Å². The van der Waals surface area contributed by atoms with E-state index in [9.17, 15) is 4.79 Å². The number of aromatic nitrogens is 2. The summed E-state index contributed by atoms with van der Waals surface area (Å²) in [5.41, 5.74) is 0.495. The average molecular weight is 190 g/mol. The summed E-state index contributed by atoms with van der Waals surface area (Å²) in [4.78, 5) is 19.0. The average Bonchev–Trinajstić information content (AvgIpc) is 2.65. The van der Waals surface area contributed by atoms with Crippen molar-refractivity contribution in [2.24, 2.45) is 5.92 Å². The van der Waals surface area contributed by atoms with Crippen molar-refractivity contribution in [1.82, 2.24) is 9.97 Å². The van der Waals surface area contributed by atoms with Crippen LogP contribution in [0.5, 0.6) is 0 Å². The Morgan fingerprint density at radius 1 is 1.50 bits per heavy atom. The summed E-state index contributed by atoms with van der Waals surface area (Å²) in [6.45, 7) is 2.25. The Labute approximate surface area is 83.6 Å². The van der Waals surface area contributed by atoms with Gasteiger partial charge in [0.15, 0.2) is 6.29 Å². The van der Waals surface area contributed by atoms with Gasteiger partial charge in [0.05, 0.1) is 0 Å². The van der Waals surface area contributed by atoms with Gasteiger partial charge in [-0.25, -0.2) is 9.97 Å². The first-order valence-corrected chi connectivity index (χ1v) is 5.07. The number of carbonyl (C=O) groups excluding carboxylic acids is 1. The molecule has 1 fully saturated rings. The normalized spacial score (nSPS) is 26.4. The van der Waals surface area contributed by atoms with Gasteiger partial charge in [0, 0.05) is 12.1 Å². The van der Waals surface area contributed by atoms with Crippen molar-refractivity contribution in [2.45, 2.75) is 32.1 Å². The fraction of sp³-hybridized carbons (Fsp3) is 0.545. The minimum atomic E-state index is 0.463. The molecule has 0 aliphatic heterocycles. The fourth-order valence-electron chi connectivity index (χ4n) is 2.09. The predicted octanol–water partition coefficient (Wildman–Crippen LogP) is 2.19. The summed E-state index contributed by atoms with van der Waals surface area (Å²) in [6, 6.07) is 1.65. The first-order valence-electron chi connectivity index (χ1n) is 5.07. The maximum absolute atomic E-state index is 10.5. The van der Waals surface area contributed by atoms with Crippen molar-refractivity contribution in [2.75, 3.05) is 0 Å². The summed E-state index contributed by atoms with van der Waals surface area (Å²) in [7, 11) is 0. The highest BCUT2D eigenvalue weighted by Crippen LogP contribution is 2.36. The third-order valence-corrected chi connectivity index (χ3v) is 2.88. The van der Waals surface area contributed by atoms with Gasteiger partial charge in [0.25, 0.3) is 0 Å². The number of carbonyl (C=O) groups is 1. The van der Waals surface area contributed by atoms with E-state index in [2.05, 4.69) is 16.9 Å². The van der Waals surface area contributed by atoms with Crippen molar-refractivity contribution in [3.63, 3.8) is 0 Å². The van der Waals surface area contributed by atoms with Crippen LogP contribution in [-0.4, -0.2) is 16.3 Å². The molecule has 2 atom stereocenters. The highest BCUT2D eigenvalue weighted by molar-refractivity contribution is 5.71. The summed E-state index contributed by atoms with van der Waals surface area (Å²) in [5, 5.41) is 0. The topological polar surface area (TPSA) is 42.9 Å². The second-order valence-corrected chi connectivity index (χ2v) is 4.07. The number of rotatable bonds is 2. The molecule has 1 heterocycles. The molecule has 0 saturated heterocycles. The van der Waals surface area contributed by atoms with E-state index in [4.69, 9.17) is 0 Å². The Kier molecular flexibility index (Phi) is 2.57. The van der Waals surface area contributed by atoms with Crippen molar-refractivity contribution in [3.05, 3.63) is 23.8 Å². The third kappa shape index (κ3) is 1.81. The Morgan fingerprint density at radius 2 is 2.36 bits per heavy atom. The van der Waals surface area contributed by atoms with Crippen LogP contribution in [0.2, 0.25) is 0 Å². The van der Waals surface area contributed by atoms with E-state index in [1.54, 1.807) is 12.3 Å². The van der Waals surface area contributed by atoms with E-state index in [1.807, 2.05) is 0 Å². The van der Waals surface area contributed by atoms with Gasteiger partial charge in [-0.1, -0.05) is 6.92 Å². The summed E-state index contributed by atoms with van der Waals surface area (Å²) < 4.78 is 0. The fourth-order valence-corrected chi connectivity index (χ4v) is 2.09. The molecule has 0 spiro atoms. The predicted molar refractivity (Wildman–Crippen MR) is 53.2 cm³/mol. The van der Waals surface area contributed by atoms with E-state index in [0.29, 0.717) is 11.6 Å². The second kappa shape index (κ2) is 3.86. The van der Waals surface area contributed by atoms with Crippen molar-refractivity contribution in [1.29, 1.82) is 0 Å². The Morgan fingerprint density at radius 3 is 3.00 bits per heavy atom. The van der Waals surface area contributed by atoms with E-state index in [-0.39, 0.29) is 0 Å². The van der Waals surface area contributed by atoms with Gasteiger partial charge in [-0.05, 0) is 31.2 Å². The van der Waals surface area contributed by atoms with Crippen LogP contribution in [0.1, 0.15) is 48.4 Å². The molecule has 0 amide bonds. The zero-order valence-electron chi connectivity index (χ0n) is 8.31. The lowest BCUT2D eigenvalue weighted by Crippen LogP contribution is -2.02. The van der Waals surface area contributed by atoms with E-state index >= 15 is 0 Å². The van der Waals surface area contributed by atoms with E-state index in [0.717, 1.165) is 30.9 Å². The molecule has 0 bridgehead atoms. The standard InChI is InChI=1S/C11H14N2O/c1-8-2-3-9(6-8)11-12-5-4-10(7-14)13-11/h4-5,7-9H,2-3,6H2,1H3. The summed E-state index contributed by atoms with van der Waals surface area (Å²) in [5.74, 6) is 2.08. The molecule has 1 aliphatic rings. The first kappa shape index (κ1) is 9.31. The van der Waals surface area contributed by atoms with Crippen LogP contribution in [0.4, 0.5) is 0 Å². The van der Waals surface area contributed by atoms with Crippen LogP contribution in [0, 0.1) is 5.92 Å². The highest BCUT2D eigenvalue weighted by Gasteiger charge is 2.24. The van der Waals surface area contributed by atoms with Gasteiger partial charge in [-0.2, -0.15) is 0 Å². The molecular weight excluding hydrogens is 176 g/mol. The van der Waals surface area contributed by atoms with E-state index < -0.39 is 0 Å². The van der Waals surface area contributed by atoms with Crippen LogP contribution >= 0.6 is 0 Å². The molecule has 0 radical (unpaired) electrons. The molecule has 14 heavy (non-hydrogen) atoms. The van der Waals surface area contributed by atoms with Crippen LogP contribution < -0.4 is 0 Å². The molecule has 0 N–H and O–H groups in total. The zero-order valence-corrected chi connectivity index (χ0v) is 8.31. The Bertz CT molecular complexity index is 338. The SMILES string of the molecule is CC1CCC(c2nccc(C=O)n2)C1. The minimum Gasteiger partial charge on any atom is -0.296 e. The van der Waals surface area contributed by atoms with Gasteiger partial charge in [0.2, 0.25) is 0 Å². The van der Waals surface area contributed by atoms with Gasteiger partial charge < -0.3 is 0 Å². The molecule has 2 rings (SSSR count). The number of hydrogen-bond acceptors (Lipinski definition) is 3. The molecule has 74 valence electrons. The lowest BCUT2D eigenvalue weighted by molar-refractivity contribution is 0.111. The highest BCUT2D eigenvalue weighted by atomic mass is 16.1. The van der Waals surface area contributed by atoms with E-state index in [1.165, 1.54) is 6.42 Å². The molecule has 1 aromatic heterocycles. The molecular formula is C11H14N2O. The molecule has 1 aromatic rings. The van der Waals surface area contributed by atoms with Gasteiger partial charge in [0.1, 0.15) is 11.5 Å². The summed E-state index contributed by atoms with van der Waals surface area (Å²) in [6.07, 6.45) is 6.02. The van der Waals surface area contributed by atoms with Crippen LogP contribution in [0.3, 0.4) is 0 Å². The largest absolute Gasteiger partial charge is 0.296 e. The minimum absolute atomic E-state index is 0.463. The molecule has 3 heteroatoms. The summed E-state index contributed by atoms with van der Waals surface area (Å²) >= 11 is 0. The Hall–Kier alpha value is -1.25. The third-order valence-electron chi connectivity index (χ3n) is 2.88. The lowest BCUT2D eigenvalue weighted by Gasteiger charge is -2.07. The van der Waals surface area contributed by atoms with Crippen molar-refractivity contribution < 1.29 is 4.79 Å². The Balaban J connectivity index is 2.19.